The molecule has 0 unspecified atom stereocenters. The Morgan fingerprint density at radius 3 is 1.37 bits per heavy atom. The highest BCUT2D eigenvalue weighted by Crippen LogP contribution is 2.44. The summed E-state index contributed by atoms with van der Waals surface area (Å²) in [5, 5.41) is 14.6. The number of nitrogens with zero attached hydrogens (tertiary/aromatic N) is 4. The van der Waals surface area contributed by atoms with Crippen molar-refractivity contribution >= 4 is 75.7 Å². The standard InChI is InChI=1S/C53H32N4/c1-3-16-35(17-4-1)51-54-52(36-18-5-2-6-19-36)56-53(55-51)44-25-13-24-42-40-22-11-12-23-41(40)45-32-37(28-29-43(45)48(42)44)57-46-30-26-33-14-7-9-20-38(33)49(46)50-39-21-10-8-15-34(39)27-31-47(50)57/h1-32H. The Kier molecular flexibility index (Phi) is 6.89. The van der Waals surface area contributed by atoms with E-state index >= 15 is 0 Å². The molecule has 0 saturated carbocycles. The highest BCUT2D eigenvalue weighted by Gasteiger charge is 2.21. The Labute approximate surface area is 328 Å². The maximum Gasteiger partial charge on any atom is 0.164 e. The van der Waals surface area contributed by atoms with E-state index < -0.39 is 0 Å². The zero-order valence-electron chi connectivity index (χ0n) is 30.8. The third kappa shape index (κ3) is 4.84. The number of rotatable bonds is 4. The van der Waals surface area contributed by atoms with Crippen molar-refractivity contribution in [3.63, 3.8) is 0 Å². The summed E-state index contributed by atoms with van der Waals surface area (Å²) in [4.78, 5) is 15.4. The molecule has 0 spiro atoms. The molecule has 0 aliphatic carbocycles. The minimum Gasteiger partial charge on any atom is -0.309 e. The zero-order valence-corrected chi connectivity index (χ0v) is 30.8. The van der Waals surface area contributed by atoms with Gasteiger partial charge >= 0.3 is 0 Å². The maximum atomic E-state index is 5.19. The van der Waals surface area contributed by atoms with Gasteiger partial charge in [0.25, 0.3) is 0 Å². The predicted octanol–water partition coefficient (Wildman–Crippen LogP) is 13.7. The van der Waals surface area contributed by atoms with Gasteiger partial charge in [-0.15, -0.1) is 0 Å². The minimum absolute atomic E-state index is 0.648. The molecule has 0 N–H and O–H groups in total. The predicted molar refractivity (Wildman–Crippen MR) is 238 cm³/mol. The molecule has 2 heterocycles. The van der Waals surface area contributed by atoms with Crippen molar-refractivity contribution in [3.8, 4) is 39.9 Å². The van der Waals surface area contributed by atoms with Crippen LogP contribution in [-0.4, -0.2) is 19.5 Å². The lowest BCUT2D eigenvalue weighted by Gasteiger charge is -2.16. The third-order valence-corrected chi connectivity index (χ3v) is 11.6. The second-order valence-corrected chi connectivity index (χ2v) is 14.7. The van der Waals surface area contributed by atoms with Gasteiger partial charge in [-0.3, -0.25) is 0 Å². The molecule has 10 aromatic carbocycles. The van der Waals surface area contributed by atoms with Crippen molar-refractivity contribution in [2.45, 2.75) is 0 Å². The van der Waals surface area contributed by atoms with E-state index in [1.807, 2.05) is 36.4 Å². The van der Waals surface area contributed by atoms with Gasteiger partial charge in [0.15, 0.2) is 17.5 Å². The molecule has 0 atom stereocenters. The van der Waals surface area contributed by atoms with E-state index in [1.165, 1.54) is 64.9 Å². The van der Waals surface area contributed by atoms with Crippen LogP contribution in [0.15, 0.2) is 194 Å². The molecule has 12 aromatic rings. The molecule has 0 bridgehead atoms. The molecule has 264 valence electrons. The summed E-state index contributed by atoms with van der Waals surface area (Å²) < 4.78 is 2.46. The Bertz CT molecular complexity index is 3420. The van der Waals surface area contributed by atoms with Crippen molar-refractivity contribution in [1.82, 2.24) is 19.5 Å². The average Bonchev–Trinajstić information content (AvgIpc) is 3.64. The first-order chi connectivity index (χ1) is 28.3. The number of aromatic nitrogens is 4. The fraction of sp³-hybridized carbons (Fsp3) is 0. The summed E-state index contributed by atoms with van der Waals surface area (Å²) in [6.07, 6.45) is 0. The van der Waals surface area contributed by atoms with E-state index in [9.17, 15) is 0 Å². The summed E-state index contributed by atoms with van der Waals surface area (Å²) in [6, 6.07) is 69.3. The van der Waals surface area contributed by atoms with Gasteiger partial charge in [-0.1, -0.05) is 170 Å². The van der Waals surface area contributed by atoms with Gasteiger partial charge < -0.3 is 4.57 Å². The number of hydrogen-bond acceptors (Lipinski definition) is 3. The largest absolute Gasteiger partial charge is 0.309 e. The van der Waals surface area contributed by atoms with Gasteiger partial charge in [0.05, 0.1) is 11.0 Å². The molecule has 0 saturated heterocycles. The Balaban J connectivity index is 1.17. The molecule has 0 aliphatic heterocycles. The summed E-state index contributed by atoms with van der Waals surface area (Å²) in [5.41, 5.74) is 6.38. The highest BCUT2D eigenvalue weighted by molar-refractivity contribution is 6.30. The number of benzene rings is 10. The molecule has 2 aromatic heterocycles. The highest BCUT2D eigenvalue weighted by atomic mass is 15.0. The number of hydrogen-bond donors (Lipinski definition) is 0. The molecule has 4 nitrogen and oxygen atoms in total. The molecule has 0 amide bonds. The van der Waals surface area contributed by atoms with Crippen molar-refractivity contribution < 1.29 is 0 Å². The maximum absolute atomic E-state index is 5.19. The van der Waals surface area contributed by atoms with Crippen LogP contribution in [0.4, 0.5) is 0 Å². The minimum atomic E-state index is 0.648. The zero-order chi connectivity index (χ0) is 37.5. The summed E-state index contributed by atoms with van der Waals surface area (Å²) in [7, 11) is 0. The SMILES string of the molecule is c1ccc(-c2nc(-c3ccccc3)nc(-c3cccc4c5ccccc5c5cc(-n6c7ccc8ccccc8c7c7c8ccccc8ccc76)ccc5c34)n2)cc1. The van der Waals surface area contributed by atoms with E-state index in [-0.39, 0.29) is 0 Å². The van der Waals surface area contributed by atoms with Gasteiger partial charge in [0.1, 0.15) is 0 Å². The lowest BCUT2D eigenvalue weighted by Crippen LogP contribution is -2.01. The van der Waals surface area contributed by atoms with Gasteiger partial charge in [0, 0.05) is 38.5 Å². The van der Waals surface area contributed by atoms with Crippen LogP contribution in [0.2, 0.25) is 0 Å². The van der Waals surface area contributed by atoms with Crippen LogP contribution >= 0.6 is 0 Å². The fourth-order valence-corrected chi connectivity index (χ4v) is 9.07. The normalized spacial score (nSPS) is 11.9. The van der Waals surface area contributed by atoms with Crippen LogP contribution in [0.25, 0.3) is 116 Å². The van der Waals surface area contributed by atoms with Crippen LogP contribution < -0.4 is 0 Å². The van der Waals surface area contributed by atoms with E-state index in [0.29, 0.717) is 17.5 Å². The van der Waals surface area contributed by atoms with Gasteiger partial charge in [0.2, 0.25) is 0 Å². The molecule has 12 rings (SSSR count). The molecule has 0 fully saturated rings. The lowest BCUT2D eigenvalue weighted by molar-refractivity contribution is 1.08. The van der Waals surface area contributed by atoms with Gasteiger partial charge in [-0.2, -0.15) is 0 Å². The van der Waals surface area contributed by atoms with Gasteiger partial charge in [-0.25, -0.2) is 15.0 Å². The van der Waals surface area contributed by atoms with Crippen LogP contribution in [0.1, 0.15) is 0 Å². The van der Waals surface area contributed by atoms with E-state index in [2.05, 4.69) is 162 Å². The van der Waals surface area contributed by atoms with Crippen molar-refractivity contribution in [3.05, 3.63) is 194 Å². The van der Waals surface area contributed by atoms with Crippen LogP contribution in [0.5, 0.6) is 0 Å². The smallest absolute Gasteiger partial charge is 0.164 e. The molecule has 4 heteroatoms. The topological polar surface area (TPSA) is 43.6 Å². The number of fused-ring (bicyclic) bond motifs is 13. The lowest BCUT2D eigenvalue weighted by atomic mass is 9.91. The first-order valence-electron chi connectivity index (χ1n) is 19.4. The van der Waals surface area contributed by atoms with E-state index in [1.54, 1.807) is 0 Å². The first kappa shape index (κ1) is 31.6. The quantitative estimate of drug-likeness (QED) is 0.170. The van der Waals surface area contributed by atoms with E-state index in [0.717, 1.165) is 33.2 Å². The van der Waals surface area contributed by atoms with Crippen LogP contribution in [0, 0.1) is 0 Å². The molecular weight excluding hydrogens is 693 g/mol. The summed E-state index contributed by atoms with van der Waals surface area (Å²) in [6.45, 7) is 0. The molecule has 0 aliphatic rings. The second kappa shape index (κ2) is 12.4. The monoisotopic (exact) mass is 724 g/mol. The van der Waals surface area contributed by atoms with Crippen molar-refractivity contribution in [2.24, 2.45) is 0 Å². The summed E-state index contributed by atoms with van der Waals surface area (Å²) in [5.74, 6) is 1.95. The van der Waals surface area contributed by atoms with Crippen LogP contribution in [0.3, 0.4) is 0 Å². The van der Waals surface area contributed by atoms with Crippen molar-refractivity contribution in [1.29, 1.82) is 0 Å². The molecular formula is C53H32N4. The first-order valence-corrected chi connectivity index (χ1v) is 19.4. The Hall–Kier alpha value is -7.69. The van der Waals surface area contributed by atoms with E-state index in [4.69, 9.17) is 15.0 Å². The second-order valence-electron chi connectivity index (χ2n) is 14.7. The fourth-order valence-electron chi connectivity index (χ4n) is 9.07. The Morgan fingerprint density at radius 1 is 0.298 bits per heavy atom. The van der Waals surface area contributed by atoms with Crippen LogP contribution in [-0.2, 0) is 0 Å². The molecule has 57 heavy (non-hydrogen) atoms. The van der Waals surface area contributed by atoms with Crippen molar-refractivity contribution in [2.75, 3.05) is 0 Å². The average molecular weight is 725 g/mol. The summed E-state index contributed by atoms with van der Waals surface area (Å²) >= 11 is 0. The molecule has 0 radical (unpaired) electrons. The third-order valence-electron chi connectivity index (χ3n) is 11.6. The van der Waals surface area contributed by atoms with Gasteiger partial charge in [-0.05, 0) is 72.7 Å². The Morgan fingerprint density at radius 2 is 0.772 bits per heavy atom.